The number of nitrogens with one attached hydrogen (secondary N) is 1. The highest BCUT2D eigenvalue weighted by Crippen LogP contribution is 2.36. The molecular formula is C18H25FN4S. The van der Waals surface area contributed by atoms with Crippen LogP contribution in [0.1, 0.15) is 40.5 Å². The lowest BCUT2D eigenvalue weighted by atomic mass is 9.79. The zero-order valence-corrected chi connectivity index (χ0v) is 15.7. The first-order valence-corrected chi connectivity index (χ1v) is 9.09. The van der Waals surface area contributed by atoms with E-state index in [0.717, 1.165) is 18.0 Å². The van der Waals surface area contributed by atoms with Crippen molar-refractivity contribution in [2.24, 2.45) is 0 Å². The van der Waals surface area contributed by atoms with E-state index in [1.54, 1.807) is 12.1 Å². The number of hydrogen-bond acceptors (Lipinski definition) is 5. The predicted octanol–water partition coefficient (Wildman–Crippen LogP) is 4.09. The molecule has 0 bridgehead atoms. The third-order valence-corrected chi connectivity index (χ3v) is 5.58. The molecule has 1 saturated heterocycles. The molecule has 1 aliphatic rings. The maximum Gasteiger partial charge on any atom is 0.208 e. The van der Waals surface area contributed by atoms with Gasteiger partial charge in [-0.1, -0.05) is 23.5 Å². The van der Waals surface area contributed by atoms with Gasteiger partial charge in [0.25, 0.3) is 0 Å². The molecule has 0 amide bonds. The van der Waals surface area contributed by atoms with Gasteiger partial charge in [0.05, 0.1) is 0 Å². The van der Waals surface area contributed by atoms with Crippen molar-refractivity contribution in [2.45, 2.75) is 57.7 Å². The van der Waals surface area contributed by atoms with E-state index in [4.69, 9.17) is 0 Å². The molecule has 0 atom stereocenters. The maximum atomic E-state index is 14.0. The van der Waals surface area contributed by atoms with E-state index in [2.05, 4.69) is 55.2 Å². The van der Waals surface area contributed by atoms with Crippen molar-refractivity contribution in [3.63, 3.8) is 0 Å². The Hall–Kier alpha value is -1.53. The average molecular weight is 348 g/mol. The Bertz CT molecular complexity index is 709. The summed E-state index contributed by atoms with van der Waals surface area (Å²) in [6.45, 7) is 8.94. The summed E-state index contributed by atoms with van der Waals surface area (Å²) in [5.74, 6) is -0.257. The Morgan fingerprint density at radius 3 is 2.38 bits per heavy atom. The minimum atomic E-state index is -0.257. The Balaban J connectivity index is 1.84. The molecule has 4 nitrogen and oxygen atoms in total. The second kappa shape index (κ2) is 6.08. The van der Waals surface area contributed by atoms with Crippen LogP contribution in [-0.4, -0.2) is 34.4 Å². The minimum absolute atomic E-state index is 0.0692. The van der Waals surface area contributed by atoms with Gasteiger partial charge >= 0.3 is 0 Å². The topological polar surface area (TPSA) is 41.1 Å². The van der Waals surface area contributed by atoms with E-state index in [-0.39, 0.29) is 16.9 Å². The fourth-order valence-corrected chi connectivity index (χ4v) is 4.70. The van der Waals surface area contributed by atoms with Crippen LogP contribution in [0.3, 0.4) is 0 Å². The molecule has 1 aromatic heterocycles. The summed E-state index contributed by atoms with van der Waals surface area (Å²) in [6, 6.07) is 7.08. The van der Waals surface area contributed by atoms with Crippen LogP contribution in [0.4, 0.5) is 9.52 Å². The first-order chi connectivity index (χ1) is 11.2. The molecule has 0 unspecified atom stereocenters. The van der Waals surface area contributed by atoms with Crippen LogP contribution >= 0.6 is 11.3 Å². The predicted molar refractivity (Wildman–Crippen MR) is 98.0 cm³/mol. The van der Waals surface area contributed by atoms with Gasteiger partial charge in [-0.05, 0) is 52.7 Å². The maximum absolute atomic E-state index is 14.0. The zero-order valence-electron chi connectivity index (χ0n) is 14.9. The molecule has 2 heterocycles. The average Bonchev–Trinajstić information content (AvgIpc) is 2.93. The molecule has 6 heteroatoms. The van der Waals surface area contributed by atoms with Crippen molar-refractivity contribution < 1.29 is 4.39 Å². The van der Waals surface area contributed by atoms with E-state index >= 15 is 0 Å². The van der Waals surface area contributed by atoms with Gasteiger partial charge in [-0.3, -0.25) is 0 Å². The second-order valence-corrected chi connectivity index (χ2v) is 8.89. The van der Waals surface area contributed by atoms with Crippen LogP contribution < -0.4 is 10.2 Å². The van der Waals surface area contributed by atoms with Gasteiger partial charge in [0.2, 0.25) is 5.13 Å². The number of nitrogens with zero attached hydrogens (tertiary/aromatic N) is 3. The summed E-state index contributed by atoms with van der Waals surface area (Å²) in [4.78, 5) is 2.20. The molecule has 1 N–H and O–H groups in total. The zero-order chi connectivity index (χ0) is 17.5. The summed E-state index contributed by atoms with van der Waals surface area (Å²) in [5.41, 5.74) is 0.653. The van der Waals surface area contributed by atoms with Gasteiger partial charge in [-0.2, -0.15) is 0 Å². The summed E-state index contributed by atoms with van der Waals surface area (Å²) in [5, 5.41) is 13.7. The number of benzene rings is 1. The summed E-state index contributed by atoms with van der Waals surface area (Å²) >= 11 is 1.45. The number of piperidine rings is 1. The third-order valence-electron chi connectivity index (χ3n) is 4.54. The van der Waals surface area contributed by atoms with Crippen LogP contribution in [-0.2, 0) is 0 Å². The number of rotatable bonds is 3. The standard InChI is InChI=1S/C18H25FN4S/c1-17(2)10-12(11-18(3,4)22-17)23(5)16-21-20-15(24-16)13-8-6-7-9-14(13)19/h6-9,12,22H,10-11H2,1-5H3. The van der Waals surface area contributed by atoms with E-state index in [1.165, 1.54) is 17.4 Å². The quantitative estimate of drug-likeness (QED) is 0.907. The third kappa shape index (κ3) is 3.59. The van der Waals surface area contributed by atoms with Crippen molar-refractivity contribution in [2.75, 3.05) is 11.9 Å². The van der Waals surface area contributed by atoms with E-state index in [9.17, 15) is 4.39 Å². The lowest BCUT2D eigenvalue weighted by Gasteiger charge is -2.48. The van der Waals surface area contributed by atoms with Crippen molar-refractivity contribution in [3.8, 4) is 10.6 Å². The van der Waals surface area contributed by atoms with Crippen molar-refractivity contribution in [1.29, 1.82) is 0 Å². The normalized spacial score (nSPS) is 20.1. The van der Waals surface area contributed by atoms with Crippen molar-refractivity contribution in [3.05, 3.63) is 30.1 Å². The van der Waals surface area contributed by atoms with Crippen LogP contribution in [0.5, 0.6) is 0 Å². The molecule has 0 aliphatic carbocycles. The lowest BCUT2D eigenvalue weighted by Crippen LogP contribution is -2.61. The molecule has 0 radical (unpaired) electrons. The monoisotopic (exact) mass is 348 g/mol. The molecule has 1 aliphatic heterocycles. The van der Waals surface area contributed by atoms with Gasteiger partial charge in [0.15, 0.2) is 5.01 Å². The van der Waals surface area contributed by atoms with E-state index in [0.29, 0.717) is 16.6 Å². The number of anilines is 1. The first kappa shape index (κ1) is 17.3. The van der Waals surface area contributed by atoms with Gasteiger partial charge in [-0.15, -0.1) is 10.2 Å². The Morgan fingerprint density at radius 2 is 1.75 bits per heavy atom. The molecule has 130 valence electrons. The molecule has 24 heavy (non-hydrogen) atoms. The highest BCUT2D eigenvalue weighted by Gasteiger charge is 2.39. The van der Waals surface area contributed by atoms with Crippen LogP contribution in [0, 0.1) is 5.82 Å². The molecule has 1 aromatic carbocycles. The van der Waals surface area contributed by atoms with Crippen molar-refractivity contribution in [1.82, 2.24) is 15.5 Å². The largest absolute Gasteiger partial charge is 0.347 e. The van der Waals surface area contributed by atoms with Crippen LogP contribution in [0.2, 0.25) is 0 Å². The Kier molecular flexibility index (Phi) is 4.38. The Morgan fingerprint density at radius 1 is 1.12 bits per heavy atom. The molecule has 1 fully saturated rings. The summed E-state index contributed by atoms with van der Waals surface area (Å²) in [7, 11) is 2.06. The van der Waals surface area contributed by atoms with Crippen molar-refractivity contribution >= 4 is 16.5 Å². The Labute approximate surface area is 147 Å². The molecule has 2 aromatic rings. The van der Waals surface area contributed by atoms with Crippen LogP contribution in [0.25, 0.3) is 10.6 Å². The van der Waals surface area contributed by atoms with Crippen LogP contribution in [0.15, 0.2) is 24.3 Å². The number of aromatic nitrogens is 2. The fraction of sp³-hybridized carbons (Fsp3) is 0.556. The van der Waals surface area contributed by atoms with Gasteiger partial charge < -0.3 is 10.2 Å². The minimum Gasteiger partial charge on any atom is -0.347 e. The lowest BCUT2D eigenvalue weighted by molar-refractivity contribution is 0.161. The first-order valence-electron chi connectivity index (χ1n) is 8.27. The van der Waals surface area contributed by atoms with E-state index in [1.807, 2.05) is 6.07 Å². The van der Waals surface area contributed by atoms with E-state index < -0.39 is 0 Å². The molecule has 0 saturated carbocycles. The highest BCUT2D eigenvalue weighted by atomic mass is 32.1. The fourth-order valence-electron chi connectivity index (χ4n) is 3.80. The molecule has 3 rings (SSSR count). The summed E-state index contributed by atoms with van der Waals surface area (Å²) in [6.07, 6.45) is 2.06. The highest BCUT2D eigenvalue weighted by molar-refractivity contribution is 7.18. The molecule has 0 spiro atoms. The summed E-state index contributed by atoms with van der Waals surface area (Å²) < 4.78 is 14.0. The second-order valence-electron chi connectivity index (χ2n) is 7.94. The SMILES string of the molecule is CN(c1nnc(-c2ccccc2F)s1)C1CC(C)(C)NC(C)(C)C1. The molecular weight excluding hydrogens is 323 g/mol. The number of halogens is 1. The van der Waals surface area contributed by atoms with Gasteiger partial charge in [0.1, 0.15) is 5.82 Å². The van der Waals surface area contributed by atoms with Gasteiger partial charge in [0, 0.05) is 29.7 Å². The number of hydrogen-bond donors (Lipinski definition) is 1. The van der Waals surface area contributed by atoms with Gasteiger partial charge in [-0.25, -0.2) is 4.39 Å². The smallest absolute Gasteiger partial charge is 0.208 e.